The Morgan fingerprint density at radius 3 is 2.48 bits per heavy atom. The summed E-state index contributed by atoms with van der Waals surface area (Å²) in [5.41, 5.74) is 0.817. The Morgan fingerprint density at radius 1 is 1.10 bits per heavy atom. The number of carbonyl (C=O) groups excluding carboxylic acids is 2. The molecule has 0 radical (unpaired) electrons. The van der Waals surface area contributed by atoms with Gasteiger partial charge >= 0.3 is 0 Å². The Labute approximate surface area is 183 Å². The van der Waals surface area contributed by atoms with Crippen LogP contribution in [-0.4, -0.2) is 43.7 Å². The summed E-state index contributed by atoms with van der Waals surface area (Å²) in [5, 5.41) is 5.75. The Hall–Kier alpha value is -2.71. The van der Waals surface area contributed by atoms with Gasteiger partial charge in [0.2, 0.25) is 15.9 Å². The number of piperidine rings is 1. The van der Waals surface area contributed by atoms with E-state index in [9.17, 15) is 18.0 Å². The minimum absolute atomic E-state index is 0.0198. The van der Waals surface area contributed by atoms with Gasteiger partial charge in [0, 0.05) is 19.1 Å². The van der Waals surface area contributed by atoms with Crippen molar-refractivity contribution in [2.45, 2.75) is 44.0 Å². The van der Waals surface area contributed by atoms with Crippen molar-refractivity contribution in [3.05, 3.63) is 60.2 Å². The molecule has 2 N–H and O–H groups in total. The lowest BCUT2D eigenvalue weighted by molar-refractivity contribution is -0.120. The third kappa shape index (κ3) is 5.51. The number of carbonyl (C=O) groups is 2. The molecule has 2 unspecified atom stereocenters. The summed E-state index contributed by atoms with van der Waals surface area (Å²) in [6, 6.07) is 15.1. The van der Waals surface area contributed by atoms with Crippen molar-refractivity contribution in [1.29, 1.82) is 0 Å². The highest BCUT2D eigenvalue weighted by Gasteiger charge is 2.33. The van der Waals surface area contributed by atoms with Gasteiger partial charge in [0.25, 0.3) is 5.91 Å². The fourth-order valence-electron chi connectivity index (χ4n) is 3.54. The van der Waals surface area contributed by atoms with E-state index in [2.05, 4.69) is 10.6 Å². The molecule has 31 heavy (non-hydrogen) atoms. The molecule has 166 valence electrons. The summed E-state index contributed by atoms with van der Waals surface area (Å²) in [4.78, 5) is 25.8. The third-order valence-corrected chi connectivity index (χ3v) is 7.43. The standard InChI is InChI=1S/C23H29N3O4S/c1-3-17(2)24-23(28)20-13-7-8-14-21(20)25-22(27)18-10-9-15-26(16-18)31(29,30)19-11-5-4-6-12-19/h4-8,11-14,17-18H,3,9-10,15-16H2,1-2H3,(H,24,28)(H,25,27). The topological polar surface area (TPSA) is 95.6 Å². The second-order valence-electron chi connectivity index (χ2n) is 7.83. The van der Waals surface area contributed by atoms with E-state index in [1.165, 1.54) is 4.31 Å². The first-order chi connectivity index (χ1) is 14.8. The minimum Gasteiger partial charge on any atom is -0.350 e. The summed E-state index contributed by atoms with van der Waals surface area (Å²) >= 11 is 0. The maximum atomic E-state index is 13.0. The smallest absolute Gasteiger partial charge is 0.253 e. The fraction of sp³-hybridized carbons (Fsp3) is 0.391. The zero-order chi connectivity index (χ0) is 22.4. The Bertz CT molecular complexity index is 1020. The molecule has 3 rings (SSSR count). The van der Waals surface area contributed by atoms with E-state index in [1.807, 2.05) is 13.8 Å². The number of nitrogens with one attached hydrogen (secondary N) is 2. The highest BCUT2D eigenvalue weighted by molar-refractivity contribution is 7.89. The highest BCUT2D eigenvalue weighted by atomic mass is 32.2. The lowest BCUT2D eigenvalue weighted by Crippen LogP contribution is -2.43. The quantitative estimate of drug-likeness (QED) is 0.687. The summed E-state index contributed by atoms with van der Waals surface area (Å²) in [6.45, 7) is 4.40. The van der Waals surface area contributed by atoms with Gasteiger partial charge in [0.05, 0.1) is 22.1 Å². The number of hydrogen-bond donors (Lipinski definition) is 2. The van der Waals surface area contributed by atoms with Crippen molar-refractivity contribution in [3.63, 3.8) is 0 Å². The van der Waals surface area contributed by atoms with E-state index in [4.69, 9.17) is 0 Å². The number of sulfonamides is 1. The molecule has 1 aliphatic rings. The molecule has 0 saturated carbocycles. The van der Waals surface area contributed by atoms with Gasteiger partial charge in [-0.1, -0.05) is 37.3 Å². The predicted molar refractivity (Wildman–Crippen MR) is 120 cm³/mol. The molecule has 1 aliphatic heterocycles. The van der Waals surface area contributed by atoms with Gasteiger partial charge in [-0.25, -0.2) is 8.42 Å². The average Bonchev–Trinajstić information content (AvgIpc) is 2.80. The van der Waals surface area contributed by atoms with Crippen molar-refractivity contribution in [2.24, 2.45) is 5.92 Å². The Kier molecular flexibility index (Phi) is 7.46. The van der Waals surface area contributed by atoms with Crippen LogP contribution in [0.3, 0.4) is 0 Å². The average molecular weight is 444 g/mol. The molecule has 2 aromatic carbocycles. The van der Waals surface area contributed by atoms with Crippen LogP contribution in [0.1, 0.15) is 43.5 Å². The molecule has 1 fully saturated rings. The molecular weight excluding hydrogens is 414 g/mol. The molecule has 0 aliphatic carbocycles. The maximum absolute atomic E-state index is 13.0. The van der Waals surface area contributed by atoms with Crippen LogP contribution in [0.4, 0.5) is 5.69 Å². The normalized spacial score (nSPS) is 18.2. The largest absolute Gasteiger partial charge is 0.350 e. The minimum atomic E-state index is -3.65. The highest BCUT2D eigenvalue weighted by Crippen LogP contribution is 2.25. The van der Waals surface area contributed by atoms with Crippen LogP contribution in [0, 0.1) is 5.92 Å². The number of para-hydroxylation sites is 1. The van der Waals surface area contributed by atoms with Gasteiger partial charge in [-0.3, -0.25) is 9.59 Å². The van der Waals surface area contributed by atoms with Gasteiger partial charge in [0.1, 0.15) is 0 Å². The lowest BCUT2D eigenvalue weighted by atomic mass is 9.98. The van der Waals surface area contributed by atoms with Crippen LogP contribution >= 0.6 is 0 Å². The second kappa shape index (κ2) is 10.1. The van der Waals surface area contributed by atoms with Crippen LogP contribution in [0.2, 0.25) is 0 Å². The zero-order valence-corrected chi connectivity index (χ0v) is 18.7. The molecule has 0 bridgehead atoms. The Morgan fingerprint density at radius 2 is 1.77 bits per heavy atom. The first kappa shape index (κ1) is 23.0. The molecule has 2 atom stereocenters. The van der Waals surface area contributed by atoms with Crippen molar-refractivity contribution in [3.8, 4) is 0 Å². The van der Waals surface area contributed by atoms with Crippen molar-refractivity contribution in [1.82, 2.24) is 9.62 Å². The van der Waals surface area contributed by atoms with E-state index in [1.54, 1.807) is 54.6 Å². The summed E-state index contributed by atoms with van der Waals surface area (Å²) < 4.78 is 27.2. The van der Waals surface area contributed by atoms with E-state index < -0.39 is 15.9 Å². The van der Waals surface area contributed by atoms with Crippen molar-refractivity contribution < 1.29 is 18.0 Å². The molecule has 2 aromatic rings. The van der Waals surface area contributed by atoms with Crippen LogP contribution in [-0.2, 0) is 14.8 Å². The predicted octanol–water partition coefficient (Wildman–Crippen LogP) is 3.25. The van der Waals surface area contributed by atoms with E-state index in [0.717, 1.165) is 6.42 Å². The summed E-state index contributed by atoms with van der Waals surface area (Å²) in [5.74, 6) is -1.02. The monoisotopic (exact) mass is 443 g/mol. The number of anilines is 1. The number of rotatable bonds is 7. The van der Waals surface area contributed by atoms with Crippen LogP contribution in [0.15, 0.2) is 59.5 Å². The van der Waals surface area contributed by atoms with Gasteiger partial charge < -0.3 is 10.6 Å². The molecule has 2 amide bonds. The molecule has 1 heterocycles. The van der Waals surface area contributed by atoms with Crippen LogP contribution in [0.25, 0.3) is 0 Å². The van der Waals surface area contributed by atoms with Gasteiger partial charge in [-0.05, 0) is 50.5 Å². The number of hydrogen-bond acceptors (Lipinski definition) is 4. The number of benzene rings is 2. The molecule has 1 saturated heterocycles. The second-order valence-corrected chi connectivity index (χ2v) is 9.77. The number of nitrogens with zero attached hydrogens (tertiary/aromatic N) is 1. The van der Waals surface area contributed by atoms with Gasteiger partial charge in [-0.2, -0.15) is 4.31 Å². The molecular formula is C23H29N3O4S. The van der Waals surface area contributed by atoms with Crippen LogP contribution in [0.5, 0.6) is 0 Å². The van der Waals surface area contributed by atoms with Gasteiger partial charge in [-0.15, -0.1) is 0 Å². The summed E-state index contributed by atoms with van der Waals surface area (Å²) in [7, 11) is -3.65. The van der Waals surface area contributed by atoms with E-state index in [-0.39, 0.29) is 29.3 Å². The fourth-order valence-corrected chi connectivity index (χ4v) is 5.09. The first-order valence-corrected chi connectivity index (χ1v) is 12.0. The zero-order valence-electron chi connectivity index (χ0n) is 17.9. The first-order valence-electron chi connectivity index (χ1n) is 10.6. The molecule has 0 spiro atoms. The molecule has 0 aromatic heterocycles. The third-order valence-electron chi connectivity index (χ3n) is 5.56. The van der Waals surface area contributed by atoms with Crippen molar-refractivity contribution in [2.75, 3.05) is 18.4 Å². The van der Waals surface area contributed by atoms with Gasteiger partial charge in [0.15, 0.2) is 0 Å². The van der Waals surface area contributed by atoms with Crippen LogP contribution < -0.4 is 10.6 Å². The SMILES string of the molecule is CCC(C)NC(=O)c1ccccc1NC(=O)C1CCCN(S(=O)(=O)c2ccccc2)C1. The van der Waals surface area contributed by atoms with E-state index in [0.29, 0.717) is 30.6 Å². The lowest BCUT2D eigenvalue weighted by Gasteiger charge is -2.31. The Balaban J connectivity index is 1.72. The molecule has 7 nitrogen and oxygen atoms in total. The van der Waals surface area contributed by atoms with Crippen molar-refractivity contribution >= 4 is 27.5 Å². The maximum Gasteiger partial charge on any atom is 0.253 e. The molecule has 8 heteroatoms. The number of amides is 2. The van der Waals surface area contributed by atoms with E-state index >= 15 is 0 Å². The summed E-state index contributed by atoms with van der Waals surface area (Å²) in [6.07, 6.45) is 1.99.